The van der Waals surface area contributed by atoms with Crippen LogP contribution in [0, 0.1) is 0 Å². The highest BCUT2D eigenvalue weighted by atomic mass is 16.7. The second kappa shape index (κ2) is 18.1. The monoisotopic (exact) mass is 718 g/mol. The van der Waals surface area contributed by atoms with Gasteiger partial charge in [0.1, 0.15) is 30.2 Å². The van der Waals surface area contributed by atoms with Crippen LogP contribution in [-0.2, 0) is 65.4 Å². The molecule has 5 aromatic carbocycles. The lowest BCUT2D eigenvalue weighted by Crippen LogP contribution is -2.65. The summed E-state index contributed by atoms with van der Waals surface area (Å²) in [5.41, 5.74) is 4.94. The van der Waals surface area contributed by atoms with E-state index in [0.717, 1.165) is 22.3 Å². The Morgan fingerprint density at radius 2 is 1.09 bits per heavy atom. The third-order valence-electron chi connectivity index (χ3n) is 9.46. The van der Waals surface area contributed by atoms with E-state index in [1.165, 1.54) is 0 Å². The van der Waals surface area contributed by atoms with Gasteiger partial charge in [-0.3, -0.25) is 0 Å². The summed E-state index contributed by atoms with van der Waals surface area (Å²) in [6.07, 6.45) is -4.05. The Morgan fingerprint density at radius 1 is 0.604 bits per heavy atom. The molecule has 0 saturated carbocycles. The van der Waals surface area contributed by atoms with Crippen molar-refractivity contribution in [1.29, 1.82) is 0 Å². The summed E-state index contributed by atoms with van der Waals surface area (Å²) >= 11 is 0. The van der Waals surface area contributed by atoms with Crippen LogP contribution in [-0.4, -0.2) is 56.5 Å². The number of hydrogen-bond donors (Lipinski definition) is 1. The molecule has 0 spiro atoms. The Balaban J connectivity index is 1.30. The summed E-state index contributed by atoms with van der Waals surface area (Å²) in [5.74, 6) is -1.48. The normalized spacial score (nSPS) is 23.2. The maximum Gasteiger partial charge on any atom is 0.222 e. The molecule has 9 heteroatoms. The molecule has 53 heavy (non-hydrogen) atoms. The number of ether oxygens (including phenoxy) is 8. The van der Waals surface area contributed by atoms with Gasteiger partial charge in [0.2, 0.25) is 5.79 Å². The lowest BCUT2D eigenvalue weighted by atomic mass is 9.86. The van der Waals surface area contributed by atoms with Crippen molar-refractivity contribution in [2.24, 2.45) is 0 Å². The number of aliphatic hydroxyl groups is 1. The van der Waals surface area contributed by atoms with Gasteiger partial charge >= 0.3 is 0 Å². The van der Waals surface area contributed by atoms with Crippen molar-refractivity contribution in [2.45, 2.75) is 62.9 Å². The molecule has 0 aliphatic carbocycles. The van der Waals surface area contributed by atoms with E-state index < -0.39 is 36.5 Å². The van der Waals surface area contributed by atoms with E-state index in [2.05, 4.69) is 0 Å². The third kappa shape index (κ3) is 9.21. The summed E-state index contributed by atoms with van der Waals surface area (Å²) in [6.45, 7) is 2.04. The van der Waals surface area contributed by atoms with Crippen LogP contribution in [0.15, 0.2) is 140 Å². The van der Waals surface area contributed by atoms with Crippen LogP contribution in [0.2, 0.25) is 0 Å². The van der Waals surface area contributed by atoms with E-state index in [4.69, 9.17) is 37.9 Å². The highest BCUT2D eigenvalue weighted by Gasteiger charge is 2.57. The highest BCUT2D eigenvalue weighted by Crippen LogP contribution is 2.44. The second-order valence-corrected chi connectivity index (χ2v) is 13.1. The van der Waals surface area contributed by atoms with E-state index in [9.17, 15) is 5.11 Å². The first-order valence-electron chi connectivity index (χ1n) is 18.0. The van der Waals surface area contributed by atoms with Crippen LogP contribution in [0.5, 0.6) is 5.75 Å². The fourth-order valence-corrected chi connectivity index (χ4v) is 6.76. The summed E-state index contributed by atoms with van der Waals surface area (Å²) in [4.78, 5) is 0. The maximum absolute atomic E-state index is 13.1. The fraction of sp³-hybridized carbons (Fsp3) is 0.318. The summed E-state index contributed by atoms with van der Waals surface area (Å²) in [6, 6.07) is 45.0. The molecule has 5 atom stereocenters. The average Bonchev–Trinajstić information content (AvgIpc) is 3.76. The molecule has 7 rings (SSSR count). The Labute approximate surface area is 310 Å². The van der Waals surface area contributed by atoms with E-state index in [1.807, 2.05) is 121 Å². The molecule has 2 aliphatic rings. The molecule has 1 N–H and O–H groups in total. The molecule has 2 aliphatic heterocycles. The van der Waals surface area contributed by atoms with Crippen LogP contribution >= 0.6 is 0 Å². The first kappa shape index (κ1) is 36.9. The molecule has 0 radical (unpaired) electrons. The minimum atomic E-state index is -2.04. The summed E-state index contributed by atoms with van der Waals surface area (Å²) < 4.78 is 51.0. The minimum absolute atomic E-state index is 0.102. The van der Waals surface area contributed by atoms with Gasteiger partial charge in [-0.2, -0.15) is 0 Å². The third-order valence-corrected chi connectivity index (χ3v) is 9.46. The molecule has 0 bridgehead atoms. The predicted molar refractivity (Wildman–Crippen MR) is 198 cm³/mol. The highest BCUT2D eigenvalue weighted by molar-refractivity contribution is 5.41. The van der Waals surface area contributed by atoms with E-state index in [1.54, 1.807) is 25.3 Å². The molecule has 0 amide bonds. The topological polar surface area (TPSA) is 94.1 Å². The Kier molecular flexibility index (Phi) is 12.6. The Morgan fingerprint density at radius 3 is 1.62 bits per heavy atom. The molecule has 2 saturated heterocycles. The zero-order valence-electron chi connectivity index (χ0n) is 29.8. The SMILES string of the molecule is COc1ccc(C2(O)OC(COCc3ccccc3)C(OCc3ccccc3)C(OCc3ccccc3)C2OCc2ccccc2)cc1C1OCCO1. The van der Waals surface area contributed by atoms with E-state index in [0.29, 0.717) is 36.7 Å². The zero-order valence-corrected chi connectivity index (χ0v) is 29.8. The van der Waals surface area contributed by atoms with E-state index in [-0.39, 0.29) is 26.4 Å². The first-order valence-corrected chi connectivity index (χ1v) is 18.0. The van der Waals surface area contributed by atoms with Gasteiger partial charge in [0.05, 0.1) is 58.9 Å². The van der Waals surface area contributed by atoms with Gasteiger partial charge in [0, 0.05) is 5.56 Å². The van der Waals surface area contributed by atoms with Crippen molar-refractivity contribution in [1.82, 2.24) is 0 Å². The van der Waals surface area contributed by atoms with Crippen LogP contribution in [0.3, 0.4) is 0 Å². The van der Waals surface area contributed by atoms with Gasteiger partial charge < -0.3 is 43.0 Å². The average molecular weight is 719 g/mol. The van der Waals surface area contributed by atoms with Crippen molar-refractivity contribution >= 4 is 0 Å². The van der Waals surface area contributed by atoms with Gasteiger partial charge in [-0.15, -0.1) is 0 Å². The largest absolute Gasteiger partial charge is 0.496 e. The van der Waals surface area contributed by atoms with Crippen molar-refractivity contribution in [3.05, 3.63) is 173 Å². The van der Waals surface area contributed by atoms with Crippen LogP contribution < -0.4 is 4.74 Å². The zero-order chi connectivity index (χ0) is 36.3. The number of benzene rings is 5. The van der Waals surface area contributed by atoms with Gasteiger partial charge in [0.25, 0.3) is 0 Å². The van der Waals surface area contributed by atoms with Crippen molar-refractivity contribution in [3.8, 4) is 5.75 Å². The second-order valence-electron chi connectivity index (χ2n) is 13.1. The smallest absolute Gasteiger partial charge is 0.222 e. The molecular weight excluding hydrogens is 672 g/mol. The van der Waals surface area contributed by atoms with Crippen molar-refractivity contribution in [3.63, 3.8) is 0 Å². The lowest BCUT2D eigenvalue weighted by molar-refractivity contribution is -0.378. The van der Waals surface area contributed by atoms with Gasteiger partial charge in [-0.05, 0) is 40.5 Å². The van der Waals surface area contributed by atoms with Crippen LogP contribution in [0.25, 0.3) is 0 Å². The van der Waals surface area contributed by atoms with Gasteiger partial charge in [0.15, 0.2) is 6.29 Å². The van der Waals surface area contributed by atoms with Crippen molar-refractivity contribution in [2.75, 3.05) is 26.9 Å². The molecule has 2 fully saturated rings. The summed E-state index contributed by atoms with van der Waals surface area (Å²) in [7, 11) is 1.59. The molecule has 2 heterocycles. The molecule has 5 aromatic rings. The molecule has 276 valence electrons. The van der Waals surface area contributed by atoms with Gasteiger partial charge in [-0.25, -0.2) is 0 Å². The number of rotatable bonds is 16. The minimum Gasteiger partial charge on any atom is -0.496 e. The van der Waals surface area contributed by atoms with E-state index >= 15 is 0 Å². The lowest BCUT2D eigenvalue weighted by Gasteiger charge is -2.50. The van der Waals surface area contributed by atoms with Crippen molar-refractivity contribution < 1.29 is 43.0 Å². The van der Waals surface area contributed by atoms with Crippen LogP contribution in [0.1, 0.15) is 39.7 Å². The molecule has 9 nitrogen and oxygen atoms in total. The number of methoxy groups -OCH3 is 1. The quantitative estimate of drug-likeness (QED) is 0.113. The Hall–Kier alpha value is -4.42. The molecule has 0 aromatic heterocycles. The van der Waals surface area contributed by atoms with Crippen LogP contribution in [0.4, 0.5) is 0 Å². The Bertz CT molecular complexity index is 1820. The van der Waals surface area contributed by atoms with Gasteiger partial charge in [-0.1, -0.05) is 121 Å². The summed E-state index contributed by atoms with van der Waals surface area (Å²) in [5, 5.41) is 13.1. The molecule has 5 unspecified atom stereocenters. The maximum atomic E-state index is 13.1. The molecular formula is C44H46O9. The standard InChI is InChI=1S/C44H46O9/c1-46-38-23-22-36(26-37(38)43-48-24-25-49-43)44(45)42(52-30-35-20-12-5-13-21-35)41(51-29-34-18-10-4-11-19-34)40(50-28-33-16-8-3-9-17-33)39(53-44)31-47-27-32-14-6-2-7-15-32/h2-23,26,39-43,45H,24-25,27-31H2,1H3. The number of hydrogen-bond acceptors (Lipinski definition) is 9. The first-order chi connectivity index (χ1) is 26.1. The fourth-order valence-electron chi connectivity index (χ4n) is 6.76. The predicted octanol–water partition coefficient (Wildman–Crippen LogP) is 7.26.